The van der Waals surface area contributed by atoms with E-state index in [-0.39, 0.29) is 5.54 Å². The van der Waals surface area contributed by atoms with E-state index >= 15 is 0 Å². The SMILES string of the molecule is CCC(CC)(CC)NC(=O)C(=O)N1CCNCC1. The molecule has 1 saturated heterocycles. The first-order chi connectivity index (χ1) is 8.58. The van der Waals surface area contributed by atoms with E-state index in [0.717, 1.165) is 32.4 Å². The third-order valence-electron chi connectivity index (χ3n) is 4.01. The molecular formula is C13H25N3O2. The van der Waals surface area contributed by atoms with Crippen molar-refractivity contribution in [2.24, 2.45) is 0 Å². The van der Waals surface area contributed by atoms with Gasteiger partial charge in [0.15, 0.2) is 0 Å². The average molecular weight is 255 g/mol. The third kappa shape index (κ3) is 3.45. The molecule has 1 aliphatic heterocycles. The minimum atomic E-state index is -0.456. The first-order valence-electron chi connectivity index (χ1n) is 6.90. The Balaban J connectivity index is 2.60. The van der Waals surface area contributed by atoms with Crippen molar-refractivity contribution in [3.8, 4) is 0 Å². The number of nitrogens with one attached hydrogen (secondary N) is 2. The zero-order valence-corrected chi connectivity index (χ0v) is 11.7. The molecule has 2 amide bonds. The Morgan fingerprint density at radius 2 is 1.61 bits per heavy atom. The van der Waals surface area contributed by atoms with Crippen molar-refractivity contribution in [3.63, 3.8) is 0 Å². The van der Waals surface area contributed by atoms with Crippen LogP contribution in [0.5, 0.6) is 0 Å². The van der Waals surface area contributed by atoms with Crippen molar-refractivity contribution in [3.05, 3.63) is 0 Å². The highest BCUT2D eigenvalue weighted by molar-refractivity contribution is 6.35. The van der Waals surface area contributed by atoms with Crippen LogP contribution in [0.15, 0.2) is 0 Å². The van der Waals surface area contributed by atoms with Gasteiger partial charge >= 0.3 is 11.8 Å². The molecule has 18 heavy (non-hydrogen) atoms. The molecule has 1 rings (SSSR count). The Morgan fingerprint density at radius 3 is 2.06 bits per heavy atom. The van der Waals surface area contributed by atoms with Gasteiger partial charge in [-0.05, 0) is 19.3 Å². The highest BCUT2D eigenvalue weighted by atomic mass is 16.2. The lowest BCUT2D eigenvalue weighted by Crippen LogP contribution is -2.56. The van der Waals surface area contributed by atoms with E-state index in [1.807, 2.05) is 20.8 Å². The van der Waals surface area contributed by atoms with E-state index in [1.165, 1.54) is 0 Å². The van der Waals surface area contributed by atoms with Crippen LogP contribution < -0.4 is 10.6 Å². The average Bonchev–Trinajstić information content (AvgIpc) is 2.45. The van der Waals surface area contributed by atoms with Gasteiger partial charge in [-0.15, -0.1) is 0 Å². The Kier molecular flexibility index (Phi) is 5.59. The van der Waals surface area contributed by atoms with Gasteiger partial charge in [0.25, 0.3) is 0 Å². The summed E-state index contributed by atoms with van der Waals surface area (Å²) < 4.78 is 0. The van der Waals surface area contributed by atoms with Crippen LogP contribution >= 0.6 is 0 Å². The Hall–Kier alpha value is -1.10. The van der Waals surface area contributed by atoms with E-state index in [2.05, 4.69) is 10.6 Å². The first kappa shape index (κ1) is 15.0. The summed E-state index contributed by atoms with van der Waals surface area (Å²) in [6.07, 6.45) is 2.54. The van der Waals surface area contributed by atoms with Crippen molar-refractivity contribution in [2.45, 2.75) is 45.6 Å². The molecule has 0 atom stereocenters. The predicted molar refractivity (Wildman–Crippen MR) is 71.2 cm³/mol. The zero-order chi connectivity index (χ0) is 13.6. The number of hydrogen-bond donors (Lipinski definition) is 2. The molecule has 2 N–H and O–H groups in total. The summed E-state index contributed by atoms with van der Waals surface area (Å²) in [5.74, 6) is -0.848. The van der Waals surface area contributed by atoms with Gasteiger partial charge in [0.05, 0.1) is 0 Å². The molecule has 0 spiro atoms. The summed E-state index contributed by atoms with van der Waals surface area (Å²) in [6.45, 7) is 8.89. The second-order valence-electron chi connectivity index (χ2n) is 4.84. The van der Waals surface area contributed by atoms with Crippen LogP contribution in [0, 0.1) is 0 Å². The maximum absolute atomic E-state index is 12.0. The van der Waals surface area contributed by atoms with Crippen LogP contribution in [0.3, 0.4) is 0 Å². The van der Waals surface area contributed by atoms with Gasteiger partial charge in [-0.3, -0.25) is 9.59 Å². The smallest absolute Gasteiger partial charge is 0.311 e. The summed E-state index contributed by atoms with van der Waals surface area (Å²) in [5.41, 5.74) is -0.235. The quantitative estimate of drug-likeness (QED) is 0.719. The van der Waals surface area contributed by atoms with Gasteiger partial charge < -0.3 is 15.5 Å². The van der Waals surface area contributed by atoms with Crippen LogP contribution in [0.1, 0.15) is 40.0 Å². The molecule has 5 nitrogen and oxygen atoms in total. The van der Waals surface area contributed by atoms with Crippen LogP contribution in [-0.4, -0.2) is 48.4 Å². The third-order valence-corrected chi connectivity index (χ3v) is 4.01. The lowest BCUT2D eigenvalue weighted by atomic mass is 9.90. The van der Waals surface area contributed by atoms with Crippen molar-refractivity contribution in [1.29, 1.82) is 0 Å². The fraction of sp³-hybridized carbons (Fsp3) is 0.846. The van der Waals surface area contributed by atoms with Gasteiger partial charge in [0, 0.05) is 31.7 Å². The lowest BCUT2D eigenvalue weighted by Gasteiger charge is -2.33. The fourth-order valence-corrected chi connectivity index (χ4v) is 2.32. The monoisotopic (exact) mass is 255 g/mol. The number of amides is 2. The van der Waals surface area contributed by atoms with Crippen molar-refractivity contribution >= 4 is 11.8 Å². The normalized spacial score (nSPS) is 16.5. The van der Waals surface area contributed by atoms with E-state index in [0.29, 0.717) is 13.1 Å². The van der Waals surface area contributed by atoms with Gasteiger partial charge in [0.2, 0.25) is 0 Å². The van der Waals surface area contributed by atoms with Crippen molar-refractivity contribution < 1.29 is 9.59 Å². The lowest BCUT2D eigenvalue weighted by molar-refractivity contribution is -0.147. The Bertz CT molecular complexity index is 286. The van der Waals surface area contributed by atoms with Crippen molar-refractivity contribution in [2.75, 3.05) is 26.2 Å². The van der Waals surface area contributed by atoms with Crippen LogP contribution in [0.2, 0.25) is 0 Å². The summed E-state index contributed by atoms with van der Waals surface area (Å²) >= 11 is 0. The van der Waals surface area contributed by atoms with Gasteiger partial charge in [-0.25, -0.2) is 0 Å². The number of carbonyl (C=O) groups is 2. The minimum absolute atomic E-state index is 0.235. The van der Waals surface area contributed by atoms with Crippen LogP contribution in [-0.2, 0) is 9.59 Å². The van der Waals surface area contributed by atoms with Crippen LogP contribution in [0.25, 0.3) is 0 Å². The maximum Gasteiger partial charge on any atom is 0.311 e. The Labute approximate surface area is 109 Å². The van der Waals surface area contributed by atoms with E-state index in [4.69, 9.17) is 0 Å². The number of piperazine rings is 1. The molecule has 0 aromatic rings. The molecule has 0 aliphatic carbocycles. The second kappa shape index (κ2) is 6.73. The van der Waals surface area contributed by atoms with E-state index in [9.17, 15) is 9.59 Å². The molecule has 104 valence electrons. The van der Waals surface area contributed by atoms with E-state index < -0.39 is 11.8 Å². The molecular weight excluding hydrogens is 230 g/mol. The minimum Gasteiger partial charge on any atom is -0.342 e. The standard InChI is InChI=1S/C13H25N3O2/c1-4-13(5-2,6-3)15-11(17)12(18)16-9-7-14-8-10-16/h14H,4-10H2,1-3H3,(H,15,17). The number of nitrogens with zero attached hydrogens (tertiary/aromatic N) is 1. The van der Waals surface area contributed by atoms with E-state index in [1.54, 1.807) is 4.90 Å². The van der Waals surface area contributed by atoms with Gasteiger partial charge in [0.1, 0.15) is 0 Å². The summed E-state index contributed by atoms with van der Waals surface area (Å²) in [7, 11) is 0. The molecule has 0 radical (unpaired) electrons. The van der Waals surface area contributed by atoms with Crippen molar-refractivity contribution in [1.82, 2.24) is 15.5 Å². The molecule has 0 saturated carbocycles. The van der Waals surface area contributed by atoms with Gasteiger partial charge in [-0.1, -0.05) is 20.8 Å². The van der Waals surface area contributed by atoms with Gasteiger partial charge in [-0.2, -0.15) is 0 Å². The largest absolute Gasteiger partial charge is 0.342 e. The fourth-order valence-electron chi connectivity index (χ4n) is 2.32. The topological polar surface area (TPSA) is 61.4 Å². The molecule has 1 heterocycles. The highest BCUT2D eigenvalue weighted by Crippen LogP contribution is 2.19. The predicted octanol–water partition coefficient (Wildman–Crippen LogP) is 0.503. The zero-order valence-electron chi connectivity index (χ0n) is 11.7. The highest BCUT2D eigenvalue weighted by Gasteiger charge is 2.31. The molecule has 1 fully saturated rings. The number of hydrogen-bond acceptors (Lipinski definition) is 3. The van der Waals surface area contributed by atoms with Crippen LogP contribution in [0.4, 0.5) is 0 Å². The Morgan fingerprint density at radius 1 is 1.11 bits per heavy atom. The molecule has 0 bridgehead atoms. The molecule has 1 aliphatic rings. The molecule has 0 unspecified atom stereocenters. The molecule has 0 aromatic heterocycles. The first-order valence-corrected chi connectivity index (χ1v) is 6.90. The maximum atomic E-state index is 12.0. The summed E-state index contributed by atoms with van der Waals surface area (Å²) in [4.78, 5) is 25.6. The number of carbonyl (C=O) groups excluding carboxylic acids is 2. The second-order valence-corrected chi connectivity index (χ2v) is 4.84. The molecule has 5 heteroatoms. The number of rotatable bonds is 4. The molecule has 0 aromatic carbocycles. The summed E-state index contributed by atoms with van der Waals surface area (Å²) in [6, 6.07) is 0. The summed E-state index contributed by atoms with van der Waals surface area (Å²) in [5, 5.41) is 6.09.